The maximum atomic E-state index is 12.4. The number of sulfonamides is 1. The number of nitrogens with zero attached hydrogens (tertiary/aromatic N) is 1. The maximum absolute atomic E-state index is 12.4. The Morgan fingerprint density at radius 3 is 2.56 bits per heavy atom. The lowest BCUT2D eigenvalue weighted by Crippen LogP contribution is -2.46. The average Bonchev–Trinajstić information content (AvgIpc) is 2.55. The fraction of sp³-hybridized carbons (Fsp3) is 0.467. The predicted octanol–water partition coefficient (Wildman–Crippen LogP) is 1.45. The number of rotatable bonds is 4. The maximum Gasteiger partial charge on any atom is 0.409 e. The monoisotopic (exact) mass is 433 g/mol. The third-order valence-electron chi connectivity index (χ3n) is 3.87. The minimum absolute atomic E-state index is 0.108. The van der Waals surface area contributed by atoms with Gasteiger partial charge in [0.05, 0.1) is 17.1 Å². The number of nitrogens with one attached hydrogen (secondary N) is 1. The number of halogens is 1. The van der Waals surface area contributed by atoms with Crippen LogP contribution in [0.1, 0.15) is 30.1 Å². The summed E-state index contributed by atoms with van der Waals surface area (Å²) in [4.78, 5) is 25.6. The summed E-state index contributed by atoms with van der Waals surface area (Å²) >= 11 is 3.24. The lowest BCUT2D eigenvalue weighted by atomic mass is 10.0. The van der Waals surface area contributed by atoms with Crippen LogP contribution in [0.25, 0.3) is 0 Å². The van der Waals surface area contributed by atoms with Crippen molar-refractivity contribution in [3.63, 3.8) is 0 Å². The number of carbonyl (C=O) groups excluding carboxylic acids is 2. The van der Waals surface area contributed by atoms with Crippen LogP contribution in [-0.2, 0) is 14.8 Å². The zero-order valence-electron chi connectivity index (χ0n) is 13.7. The zero-order valence-corrected chi connectivity index (χ0v) is 16.1. The van der Waals surface area contributed by atoms with Gasteiger partial charge in [0.2, 0.25) is 10.0 Å². The molecule has 3 N–H and O–H groups in total. The first kappa shape index (κ1) is 19.7. The van der Waals surface area contributed by atoms with Gasteiger partial charge in [-0.1, -0.05) is 0 Å². The van der Waals surface area contributed by atoms with Crippen molar-refractivity contribution in [2.24, 2.45) is 5.14 Å². The second kappa shape index (κ2) is 8.15. The zero-order chi connectivity index (χ0) is 18.6. The summed E-state index contributed by atoms with van der Waals surface area (Å²) in [6.45, 7) is 3.05. The molecule has 8 nitrogen and oxygen atoms in total. The number of likely N-dealkylation sites (tertiary alicyclic amines) is 1. The highest BCUT2D eigenvalue weighted by atomic mass is 79.9. The molecule has 1 aliphatic rings. The molecule has 1 aromatic carbocycles. The van der Waals surface area contributed by atoms with Gasteiger partial charge in [0, 0.05) is 23.6 Å². The summed E-state index contributed by atoms with van der Waals surface area (Å²) in [5, 5.41) is 7.97. The summed E-state index contributed by atoms with van der Waals surface area (Å²) in [6, 6.07) is 3.93. The standard InChI is InChI=1S/C15H20BrN3O5S/c1-2-24-15(21)19-7-5-10(6-8-19)18-14(20)12-9-11(25(17,22)23)3-4-13(12)16/h3-4,9-10H,2,5-8H2,1H3,(H,18,20)(H2,17,22,23). The number of amides is 2. The van der Waals surface area contributed by atoms with Crippen molar-refractivity contribution in [1.29, 1.82) is 0 Å². The van der Waals surface area contributed by atoms with E-state index in [1.165, 1.54) is 18.2 Å². The number of benzene rings is 1. The minimum Gasteiger partial charge on any atom is -0.450 e. The molecule has 2 amide bonds. The van der Waals surface area contributed by atoms with E-state index in [4.69, 9.17) is 9.88 Å². The van der Waals surface area contributed by atoms with E-state index in [1.54, 1.807) is 11.8 Å². The minimum atomic E-state index is -3.89. The molecular formula is C15H20BrN3O5S. The van der Waals surface area contributed by atoms with E-state index in [0.717, 1.165) is 0 Å². The van der Waals surface area contributed by atoms with E-state index in [1.807, 2.05) is 0 Å². The van der Waals surface area contributed by atoms with Gasteiger partial charge in [-0.15, -0.1) is 0 Å². The highest BCUT2D eigenvalue weighted by Crippen LogP contribution is 2.21. The van der Waals surface area contributed by atoms with Crippen molar-refractivity contribution < 1.29 is 22.7 Å². The highest BCUT2D eigenvalue weighted by Gasteiger charge is 2.25. The first-order valence-corrected chi connectivity index (χ1v) is 10.1. The molecule has 0 saturated carbocycles. The van der Waals surface area contributed by atoms with Gasteiger partial charge < -0.3 is 15.0 Å². The van der Waals surface area contributed by atoms with E-state index in [0.29, 0.717) is 37.0 Å². The summed E-state index contributed by atoms with van der Waals surface area (Å²) in [6.07, 6.45) is 0.838. The third-order valence-corrected chi connectivity index (χ3v) is 5.47. The largest absolute Gasteiger partial charge is 0.450 e. The molecule has 0 aromatic heterocycles. The number of ether oxygens (including phenoxy) is 1. The topological polar surface area (TPSA) is 119 Å². The van der Waals surface area contributed by atoms with Gasteiger partial charge in [-0.05, 0) is 53.9 Å². The Labute approximate surface area is 154 Å². The van der Waals surface area contributed by atoms with Crippen molar-refractivity contribution >= 4 is 38.0 Å². The van der Waals surface area contributed by atoms with Gasteiger partial charge in [-0.2, -0.15) is 0 Å². The lowest BCUT2D eigenvalue weighted by molar-refractivity contribution is 0.0859. The molecule has 138 valence electrons. The molecule has 0 aliphatic carbocycles. The van der Waals surface area contributed by atoms with E-state index in [9.17, 15) is 18.0 Å². The number of nitrogens with two attached hydrogens (primary N) is 1. The van der Waals surface area contributed by atoms with Crippen molar-refractivity contribution in [3.05, 3.63) is 28.2 Å². The van der Waals surface area contributed by atoms with Gasteiger partial charge in [0.1, 0.15) is 0 Å². The lowest BCUT2D eigenvalue weighted by Gasteiger charge is -2.31. The molecule has 1 fully saturated rings. The molecule has 10 heteroatoms. The number of hydrogen-bond donors (Lipinski definition) is 2. The number of primary sulfonamides is 1. The van der Waals surface area contributed by atoms with E-state index in [2.05, 4.69) is 21.2 Å². The van der Waals surface area contributed by atoms with Gasteiger partial charge in [0.25, 0.3) is 5.91 Å². The number of piperidine rings is 1. The second-order valence-electron chi connectivity index (χ2n) is 5.62. The molecule has 1 aliphatic heterocycles. The van der Waals surface area contributed by atoms with Crippen LogP contribution in [0.15, 0.2) is 27.6 Å². The molecule has 1 saturated heterocycles. The summed E-state index contributed by atoms with van der Waals surface area (Å²) in [7, 11) is -3.89. The third kappa shape index (κ3) is 5.16. The van der Waals surface area contributed by atoms with E-state index < -0.39 is 15.9 Å². The molecule has 1 heterocycles. The molecule has 0 spiro atoms. The number of hydrogen-bond acceptors (Lipinski definition) is 5. The van der Waals surface area contributed by atoms with Crippen LogP contribution in [0.4, 0.5) is 4.79 Å². The quantitative estimate of drug-likeness (QED) is 0.744. The van der Waals surface area contributed by atoms with Gasteiger partial charge >= 0.3 is 6.09 Å². The molecular weight excluding hydrogens is 414 g/mol. The number of carbonyl (C=O) groups is 2. The fourth-order valence-electron chi connectivity index (χ4n) is 2.54. The SMILES string of the molecule is CCOC(=O)N1CCC(NC(=O)c2cc(S(N)(=O)=O)ccc2Br)CC1. The molecule has 0 bridgehead atoms. The second-order valence-corrected chi connectivity index (χ2v) is 8.04. The van der Waals surface area contributed by atoms with Crippen molar-refractivity contribution in [2.75, 3.05) is 19.7 Å². The van der Waals surface area contributed by atoms with Gasteiger partial charge in [-0.3, -0.25) is 4.79 Å². The van der Waals surface area contributed by atoms with Gasteiger partial charge in [0.15, 0.2) is 0 Å². The Kier molecular flexibility index (Phi) is 6.42. The van der Waals surface area contributed by atoms with Crippen LogP contribution in [0.5, 0.6) is 0 Å². The Bertz CT molecular complexity index is 760. The van der Waals surface area contributed by atoms with Crippen LogP contribution in [0, 0.1) is 0 Å². The van der Waals surface area contributed by atoms with Crippen molar-refractivity contribution in [2.45, 2.75) is 30.7 Å². The fourth-order valence-corrected chi connectivity index (χ4v) is 3.51. The van der Waals surface area contributed by atoms with E-state index in [-0.39, 0.29) is 22.6 Å². The first-order chi connectivity index (χ1) is 11.7. The van der Waals surface area contributed by atoms with Crippen molar-refractivity contribution in [1.82, 2.24) is 10.2 Å². The summed E-state index contributed by atoms with van der Waals surface area (Å²) in [5.74, 6) is -0.396. The highest BCUT2D eigenvalue weighted by molar-refractivity contribution is 9.10. The smallest absolute Gasteiger partial charge is 0.409 e. The summed E-state index contributed by atoms with van der Waals surface area (Å²) in [5.41, 5.74) is 0.194. The normalized spacial score (nSPS) is 15.7. The predicted molar refractivity (Wildman–Crippen MR) is 94.6 cm³/mol. The summed E-state index contributed by atoms with van der Waals surface area (Å²) < 4.78 is 28.3. The van der Waals surface area contributed by atoms with Crippen LogP contribution in [0.3, 0.4) is 0 Å². The average molecular weight is 434 g/mol. The van der Waals surface area contributed by atoms with Gasteiger partial charge in [-0.25, -0.2) is 18.4 Å². The Balaban J connectivity index is 2.01. The van der Waals surface area contributed by atoms with Crippen LogP contribution in [-0.4, -0.2) is 51.1 Å². The molecule has 25 heavy (non-hydrogen) atoms. The molecule has 0 unspecified atom stereocenters. The Morgan fingerprint density at radius 2 is 2.00 bits per heavy atom. The van der Waals surface area contributed by atoms with Crippen LogP contribution in [0.2, 0.25) is 0 Å². The first-order valence-electron chi connectivity index (χ1n) is 7.77. The Hall–Kier alpha value is -1.65. The molecule has 0 atom stereocenters. The molecule has 0 radical (unpaired) electrons. The molecule has 2 rings (SSSR count). The van der Waals surface area contributed by atoms with Crippen molar-refractivity contribution in [3.8, 4) is 0 Å². The molecule has 1 aromatic rings. The van der Waals surface area contributed by atoms with Crippen LogP contribution >= 0.6 is 15.9 Å². The van der Waals surface area contributed by atoms with Crippen LogP contribution < -0.4 is 10.5 Å². The Morgan fingerprint density at radius 1 is 1.36 bits per heavy atom. The van der Waals surface area contributed by atoms with E-state index >= 15 is 0 Å².